The summed E-state index contributed by atoms with van der Waals surface area (Å²) < 4.78 is 25.9. The van der Waals surface area contributed by atoms with E-state index in [1.807, 2.05) is 18.2 Å². The molecule has 2 atom stereocenters. The maximum Gasteiger partial charge on any atom is 0.261 e. The molecule has 0 radical (unpaired) electrons. The van der Waals surface area contributed by atoms with Crippen LogP contribution in [0.4, 0.5) is 0 Å². The highest BCUT2D eigenvalue weighted by molar-refractivity contribution is 6.34. The number of unbranched alkanes of at least 4 members (excludes halogenated alkanes) is 3. The van der Waals surface area contributed by atoms with Crippen molar-refractivity contribution in [1.82, 2.24) is 25.1 Å². The van der Waals surface area contributed by atoms with Crippen LogP contribution in [0.1, 0.15) is 123 Å². The number of nitrogens with one attached hydrogen (secondary N) is 2. The van der Waals surface area contributed by atoms with Crippen LogP contribution in [0.15, 0.2) is 42.5 Å². The van der Waals surface area contributed by atoms with Crippen molar-refractivity contribution in [2.45, 2.75) is 123 Å². The number of H-pyrrole nitrogens is 1. The number of rotatable bonds is 20. The monoisotopic (exact) mass is 681 g/mol. The van der Waals surface area contributed by atoms with Crippen molar-refractivity contribution < 1.29 is 18.9 Å². The SMILES string of the molecule is CCCCCCC(OCNCC(C)c1nc2c(Cl)c(Oc3ccccc3OC)nn2[nH]1)Oc1ccc(C(C)(C)CC)cc1C(C)(C)CC. The maximum atomic E-state index is 6.69. The minimum absolute atomic E-state index is 0.0252. The van der Waals surface area contributed by atoms with E-state index in [9.17, 15) is 0 Å². The van der Waals surface area contributed by atoms with Crippen molar-refractivity contribution in [1.29, 1.82) is 0 Å². The average molecular weight is 682 g/mol. The Hall–Kier alpha value is -3.27. The van der Waals surface area contributed by atoms with Gasteiger partial charge in [-0.15, -0.1) is 9.73 Å². The summed E-state index contributed by atoms with van der Waals surface area (Å²) in [6.07, 6.45) is 7.18. The lowest BCUT2D eigenvalue weighted by atomic mass is 9.76. The van der Waals surface area contributed by atoms with Gasteiger partial charge in [0, 0.05) is 24.4 Å². The first kappa shape index (κ1) is 37.5. The van der Waals surface area contributed by atoms with E-state index in [1.54, 1.807) is 13.2 Å². The topological polar surface area (TPSA) is 94.9 Å². The highest BCUT2D eigenvalue weighted by atomic mass is 35.5. The number of hydrogen-bond acceptors (Lipinski definition) is 7. The van der Waals surface area contributed by atoms with Crippen molar-refractivity contribution in [2.24, 2.45) is 0 Å². The summed E-state index contributed by atoms with van der Waals surface area (Å²) in [6.45, 7) is 19.0. The normalized spacial score (nSPS) is 13.5. The van der Waals surface area contributed by atoms with Gasteiger partial charge in [0.15, 0.2) is 22.2 Å². The van der Waals surface area contributed by atoms with Gasteiger partial charge in [0.2, 0.25) is 6.29 Å². The molecule has 0 fully saturated rings. The summed E-state index contributed by atoms with van der Waals surface area (Å²) in [6, 6.07) is 14.1. The summed E-state index contributed by atoms with van der Waals surface area (Å²) in [7, 11) is 1.59. The first-order valence-electron chi connectivity index (χ1n) is 17.5. The third-order valence-electron chi connectivity index (χ3n) is 9.60. The van der Waals surface area contributed by atoms with Gasteiger partial charge in [-0.25, -0.2) is 4.98 Å². The van der Waals surface area contributed by atoms with Crippen LogP contribution >= 0.6 is 11.6 Å². The first-order valence-corrected chi connectivity index (χ1v) is 17.9. The number of benzene rings is 2. The largest absolute Gasteiger partial charge is 0.493 e. The quantitative estimate of drug-likeness (QED) is 0.0708. The zero-order valence-electron chi connectivity index (χ0n) is 30.4. The third-order valence-corrected chi connectivity index (χ3v) is 9.93. The predicted octanol–water partition coefficient (Wildman–Crippen LogP) is 9.93. The van der Waals surface area contributed by atoms with Crippen LogP contribution in [0.2, 0.25) is 5.02 Å². The molecule has 0 saturated carbocycles. The number of aromatic amines is 1. The Balaban J connectivity index is 1.40. The molecule has 0 amide bonds. The van der Waals surface area contributed by atoms with Gasteiger partial charge in [-0.1, -0.05) is 111 Å². The first-order chi connectivity index (χ1) is 22.9. The molecule has 9 nitrogen and oxygen atoms in total. The zero-order valence-corrected chi connectivity index (χ0v) is 31.2. The molecule has 2 N–H and O–H groups in total. The van der Waals surface area contributed by atoms with Crippen LogP contribution in [0.3, 0.4) is 0 Å². The van der Waals surface area contributed by atoms with Crippen molar-refractivity contribution in [2.75, 3.05) is 20.4 Å². The molecule has 2 aromatic heterocycles. The molecule has 2 heterocycles. The number of hydrogen-bond donors (Lipinski definition) is 2. The van der Waals surface area contributed by atoms with Gasteiger partial charge >= 0.3 is 0 Å². The minimum Gasteiger partial charge on any atom is -0.493 e. The van der Waals surface area contributed by atoms with Crippen LogP contribution in [-0.2, 0) is 15.6 Å². The van der Waals surface area contributed by atoms with Gasteiger partial charge in [-0.2, -0.15) is 0 Å². The summed E-state index contributed by atoms with van der Waals surface area (Å²) in [4.78, 5) is 4.71. The van der Waals surface area contributed by atoms with E-state index in [0.29, 0.717) is 35.4 Å². The van der Waals surface area contributed by atoms with Gasteiger partial charge < -0.3 is 18.9 Å². The van der Waals surface area contributed by atoms with Crippen molar-refractivity contribution in [3.8, 4) is 23.1 Å². The molecule has 48 heavy (non-hydrogen) atoms. The van der Waals surface area contributed by atoms with E-state index in [-0.39, 0.29) is 28.9 Å². The van der Waals surface area contributed by atoms with E-state index in [1.165, 1.54) is 28.6 Å². The van der Waals surface area contributed by atoms with Crippen LogP contribution in [0.5, 0.6) is 23.1 Å². The van der Waals surface area contributed by atoms with Crippen LogP contribution in [0.25, 0.3) is 5.65 Å². The van der Waals surface area contributed by atoms with Gasteiger partial charge in [0.05, 0.1) is 7.11 Å². The summed E-state index contributed by atoms with van der Waals surface area (Å²) in [5.74, 6) is 3.08. The molecule has 264 valence electrons. The second-order valence-corrected chi connectivity index (χ2v) is 14.3. The molecule has 0 aliphatic rings. The second-order valence-electron chi connectivity index (χ2n) is 14.0. The van der Waals surface area contributed by atoms with Gasteiger partial charge in [0.1, 0.15) is 18.3 Å². The van der Waals surface area contributed by atoms with Crippen LogP contribution in [0, 0.1) is 0 Å². The Morgan fingerprint density at radius 1 is 0.938 bits per heavy atom. The molecule has 0 saturated heterocycles. The highest BCUT2D eigenvalue weighted by Gasteiger charge is 2.28. The average Bonchev–Trinajstić information content (AvgIpc) is 3.63. The number of para-hydroxylation sites is 2. The summed E-state index contributed by atoms with van der Waals surface area (Å²) in [5, 5.41) is 11.5. The van der Waals surface area contributed by atoms with E-state index in [2.05, 4.69) is 89.1 Å². The smallest absolute Gasteiger partial charge is 0.261 e. The van der Waals surface area contributed by atoms with Crippen molar-refractivity contribution in [3.05, 3.63) is 64.4 Å². The Morgan fingerprint density at radius 2 is 1.67 bits per heavy atom. The second kappa shape index (κ2) is 16.9. The fourth-order valence-corrected chi connectivity index (χ4v) is 5.64. The lowest BCUT2D eigenvalue weighted by molar-refractivity contribution is -0.0925. The number of nitrogens with zero attached hydrogens (tertiary/aromatic N) is 3. The molecule has 0 aliphatic heterocycles. The zero-order chi connectivity index (χ0) is 34.9. The van der Waals surface area contributed by atoms with Gasteiger partial charge in [0.25, 0.3) is 5.88 Å². The van der Waals surface area contributed by atoms with E-state index in [4.69, 9.17) is 35.5 Å². The van der Waals surface area contributed by atoms with E-state index in [0.717, 1.165) is 43.7 Å². The number of halogens is 1. The Bertz CT molecular complexity index is 1600. The van der Waals surface area contributed by atoms with Crippen molar-refractivity contribution >= 4 is 17.2 Å². The number of aromatic nitrogens is 4. The molecule has 2 unspecified atom stereocenters. The minimum atomic E-state index is -0.353. The van der Waals surface area contributed by atoms with Crippen LogP contribution < -0.4 is 19.5 Å². The number of ether oxygens (including phenoxy) is 4. The molecule has 4 rings (SSSR count). The van der Waals surface area contributed by atoms with Gasteiger partial charge in [-0.3, -0.25) is 10.4 Å². The predicted molar refractivity (Wildman–Crippen MR) is 194 cm³/mol. The molecular formula is C38H56ClN5O4. The fraction of sp³-hybridized carbons (Fsp3) is 0.579. The molecule has 0 bridgehead atoms. The number of fused-ring (bicyclic) bond motifs is 1. The maximum absolute atomic E-state index is 6.69. The molecule has 0 aliphatic carbocycles. The summed E-state index contributed by atoms with van der Waals surface area (Å²) in [5.41, 5.74) is 3.16. The highest BCUT2D eigenvalue weighted by Crippen LogP contribution is 2.39. The van der Waals surface area contributed by atoms with E-state index >= 15 is 0 Å². The number of methoxy groups -OCH3 is 1. The lowest BCUT2D eigenvalue weighted by Gasteiger charge is -2.31. The fourth-order valence-electron chi connectivity index (χ4n) is 5.44. The molecule has 2 aromatic carbocycles. The lowest BCUT2D eigenvalue weighted by Crippen LogP contribution is -2.31. The van der Waals surface area contributed by atoms with E-state index < -0.39 is 0 Å². The summed E-state index contributed by atoms with van der Waals surface area (Å²) >= 11 is 6.62. The Labute approximate surface area is 292 Å². The Kier molecular flexibility index (Phi) is 13.2. The standard InChI is InChI=1S/C38H56ClN5O4/c1-10-13-14-15-20-32(47-29-22-21-27(37(5,6)11-2)23-28(29)38(7,8)12-3)46-25-40-24-26(4)34-41-35-33(39)36(43-44(35)42-34)48-31-19-17-16-18-30(31)45-9/h16-19,21-23,26,32,40H,10-15,20,24-25H2,1-9H3,(H,41,42). The third kappa shape index (κ3) is 9.24. The molecule has 10 heteroatoms. The van der Waals surface area contributed by atoms with Crippen LogP contribution in [-0.4, -0.2) is 46.5 Å². The van der Waals surface area contributed by atoms with Crippen molar-refractivity contribution in [3.63, 3.8) is 0 Å². The molecular weight excluding hydrogens is 626 g/mol. The Morgan fingerprint density at radius 3 is 2.33 bits per heavy atom. The van der Waals surface area contributed by atoms with Gasteiger partial charge in [-0.05, 0) is 53.9 Å². The molecule has 0 spiro atoms. The molecule has 4 aromatic rings.